The Morgan fingerprint density at radius 2 is 1.97 bits per heavy atom. The van der Waals surface area contributed by atoms with E-state index < -0.39 is 0 Å². The fourth-order valence-corrected chi connectivity index (χ4v) is 4.01. The van der Waals surface area contributed by atoms with Gasteiger partial charge in [-0.3, -0.25) is 0 Å². The smallest absolute Gasteiger partial charge is 0.174 e. The molecule has 154 valence electrons. The van der Waals surface area contributed by atoms with Gasteiger partial charge in [0.25, 0.3) is 0 Å². The molecule has 3 aromatic carbocycles. The SMILES string of the molecule is COc1cc(/C=C(\C#N)c2nc3ccccc3[nH]2)cc(I)c1OCc1ccc(Cl)cc1. The number of hydrogen-bond acceptors (Lipinski definition) is 4. The number of rotatable bonds is 6. The first kappa shape index (κ1) is 21.2. The minimum absolute atomic E-state index is 0.390. The van der Waals surface area contributed by atoms with Crippen molar-refractivity contribution in [2.24, 2.45) is 0 Å². The molecule has 4 rings (SSSR count). The van der Waals surface area contributed by atoms with Gasteiger partial charge in [-0.25, -0.2) is 4.98 Å². The predicted octanol–water partition coefficient (Wildman–Crippen LogP) is 6.47. The quantitative estimate of drug-likeness (QED) is 0.224. The van der Waals surface area contributed by atoms with Gasteiger partial charge in [0, 0.05) is 5.02 Å². The molecule has 0 radical (unpaired) electrons. The molecule has 4 aromatic rings. The van der Waals surface area contributed by atoms with Crippen molar-refractivity contribution in [1.82, 2.24) is 9.97 Å². The second-order valence-electron chi connectivity index (χ2n) is 6.72. The maximum absolute atomic E-state index is 9.70. The molecule has 0 aliphatic heterocycles. The number of para-hydroxylation sites is 2. The van der Waals surface area contributed by atoms with E-state index in [9.17, 15) is 5.26 Å². The van der Waals surface area contributed by atoms with Crippen molar-refractivity contribution < 1.29 is 9.47 Å². The van der Waals surface area contributed by atoms with Gasteiger partial charge in [0.05, 0.1) is 27.3 Å². The highest BCUT2D eigenvalue weighted by Gasteiger charge is 2.13. The highest BCUT2D eigenvalue weighted by molar-refractivity contribution is 14.1. The summed E-state index contributed by atoms with van der Waals surface area (Å²) in [4.78, 5) is 7.71. The lowest BCUT2D eigenvalue weighted by molar-refractivity contribution is 0.282. The zero-order valence-corrected chi connectivity index (χ0v) is 19.4. The Morgan fingerprint density at radius 1 is 1.19 bits per heavy atom. The van der Waals surface area contributed by atoms with Crippen LogP contribution in [-0.4, -0.2) is 17.1 Å². The number of aromatic amines is 1. The number of ether oxygens (including phenoxy) is 2. The number of benzene rings is 3. The first-order valence-corrected chi connectivity index (χ1v) is 10.8. The number of imidazole rings is 1. The lowest BCUT2D eigenvalue weighted by atomic mass is 10.1. The number of H-pyrrole nitrogens is 1. The number of methoxy groups -OCH3 is 1. The van der Waals surface area contributed by atoms with Crippen molar-refractivity contribution in [2.45, 2.75) is 6.61 Å². The van der Waals surface area contributed by atoms with E-state index in [1.807, 2.05) is 60.7 Å². The summed E-state index contributed by atoms with van der Waals surface area (Å²) < 4.78 is 12.4. The third kappa shape index (κ3) is 4.84. The summed E-state index contributed by atoms with van der Waals surface area (Å²) in [6.45, 7) is 0.390. The molecule has 7 heteroatoms. The number of aromatic nitrogens is 2. The van der Waals surface area contributed by atoms with Crippen molar-refractivity contribution in [1.29, 1.82) is 5.26 Å². The monoisotopic (exact) mass is 541 g/mol. The Labute approximate surface area is 198 Å². The third-order valence-electron chi connectivity index (χ3n) is 4.62. The Kier molecular flexibility index (Phi) is 6.44. The van der Waals surface area contributed by atoms with Gasteiger partial charge in [-0.2, -0.15) is 5.26 Å². The van der Waals surface area contributed by atoms with Crippen molar-refractivity contribution >= 4 is 56.9 Å². The van der Waals surface area contributed by atoms with Crippen LogP contribution in [-0.2, 0) is 6.61 Å². The van der Waals surface area contributed by atoms with Gasteiger partial charge in [0.2, 0.25) is 0 Å². The second-order valence-corrected chi connectivity index (χ2v) is 8.32. The summed E-state index contributed by atoms with van der Waals surface area (Å²) in [5.74, 6) is 1.77. The van der Waals surface area contributed by atoms with E-state index in [1.165, 1.54) is 0 Å². The Hall–Kier alpha value is -3.02. The molecule has 1 heterocycles. The van der Waals surface area contributed by atoms with E-state index in [2.05, 4.69) is 38.6 Å². The summed E-state index contributed by atoms with van der Waals surface area (Å²) in [5, 5.41) is 10.4. The lowest BCUT2D eigenvalue weighted by Gasteiger charge is -2.14. The van der Waals surface area contributed by atoms with Crippen LogP contribution in [0.4, 0.5) is 0 Å². The van der Waals surface area contributed by atoms with E-state index in [0.717, 1.165) is 25.7 Å². The standard InChI is InChI=1S/C24H17ClIN3O2/c1-30-22-12-16(10-17(13-27)24-28-20-4-2-3-5-21(20)29-24)11-19(26)23(22)31-14-15-6-8-18(25)9-7-15/h2-12H,14H2,1H3,(H,28,29)/b17-10+. The van der Waals surface area contributed by atoms with E-state index in [-0.39, 0.29) is 0 Å². The van der Waals surface area contributed by atoms with Crippen LogP contribution in [0.2, 0.25) is 5.02 Å². The zero-order chi connectivity index (χ0) is 21.8. The van der Waals surface area contributed by atoms with Crippen LogP contribution >= 0.6 is 34.2 Å². The van der Waals surface area contributed by atoms with Crippen LogP contribution in [0.3, 0.4) is 0 Å². The average Bonchev–Trinajstić information content (AvgIpc) is 3.21. The molecule has 0 bridgehead atoms. The minimum atomic E-state index is 0.390. The van der Waals surface area contributed by atoms with Gasteiger partial charge in [0.1, 0.15) is 18.5 Å². The molecule has 0 spiro atoms. The molecular formula is C24H17ClIN3O2. The molecule has 0 unspecified atom stereocenters. The molecule has 0 saturated heterocycles. The van der Waals surface area contributed by atoms with Gasteiger partial charge < -0.3 is 14.5 Å². The van der Waals surface area contributed by atoms with Gasteiger partial charge in [-0.05, 0) is 76.2 Å². The average molecular weight is 542 g/mol. The Bertz CT molecular complexity index is 1270. The molecule has 0 aliphatic carbocycles. The number of hydrogen-bond donors (Lipinski definition) is 1. The summed E-state index contributed by atoms with van der Waals surface area (Å²) in [7, 11) is 1.60. The summed E-state index contributed by atoms with van der Waals surface area (Å²) in [6, 6.07) is 21.2. The zero-order valence-electron chi connectivity index (χ0n) is 16.5. The van der Waals surface area contributed by atoms with E-state index >= 15 is 0 Å². The van der Waals surface area contributed by atoms with Crippen molar-refractivity contribution in [2.75, 3.05) is 7.11 Å². The van der Waals surface area contributed by atoms with Gasteiger partial charge in [-0.15, -0.1) is 0 Å². The number of allylic oxidation sites excluding steroid dienone is 1. The number of halogens is 2. The number of nitriles is 1. The van der Waals surface area contributed by atoms with Crippen LogP contribution in [0.15, 0.2) is 60.7 Å². The molecule has 1 aromatic heterocycles. The summed E-state index contributed by atoms with van der Waals surface area (Å²) in [5.41, 5.74) is 3.96. The van der Waals surface area contributed by atoms with Gasteiger partial charge in [-0.1, -0.05) is 35.9 Å². The van der Waals surface area contributed by atoms with E-state index in [1.54, 1.807) is 13.2 Å². The van der Waals surface area contributed by atoms with Crippen LogP contribution in [0.25, 0.3) is 22.7 Å². The maximum atomic E-state index is 9.70. The fourth-order valence-electron chi connectivity index (χ4n) is 3.10. The molecule has 0 aliphatic rings. The second kappa shape index (κ2) is 9.41. The topological polar surface area (TPSA) is 70.9 Å². The van der Waals surface area contributed by atoms with Crippen LogP contribution in [0, 0.1) is 14.9 Å². The predicted molar refractivity (Wildman–Crippen MR) is 131 cm³/mol. The summed E-state index contributed by atoms with van der Waals surface area (Å²) >= 11 is 8.15. The van der Waals surface area contributed by atoms with Crippen LogP contribution < -0.4 is 9.47 Å². The van der Waals surface area contributed by atoms with Crippen LogP contribution in [0.5, 0.6) is 11.5 Å². The van der Waals surface area contributed by atoms with E-state index in [0.29, 0.717) is 34.5 Å². The third-order valence-corrected chi connectivity index (χ3v) is 5.68. The lowest BCUT2D eigenvalue weighted by Crippen LogP contribution is -2.00. The minimum Gasteiger partial charge on any atom is -0.493 e. The Morgan fingerprint density at radius 3 is 2.68 bits per heavy atom. The van der Waals surface area contributed by atoms with Crippen LogP contribution in [0.1, 0.15) is 17.0 Å². The van der Waals surface area contributed by atoms with Crippen molar-refractivity contribution in [3.8, 4) is 17.6 Å². The summed E-state index contributed by atoms with van der Waals surface area (Å²) in [6.07, 6.45) is 1.78. The number of nitrogens with one attached hydrogen (secondary N) is 1. The highest BCUT2D eigenvalue weighted by atomic mass is 127. The molecule has 0 fully saturated rings. The fraction of sp³-hybridized carbons (Fsp3) is 0.0833. The maximum Gasteiger partial charge on any atom is 0.174 e. The van der Waals surface area contributed by atoms with Gasteiger partial charge in [0.15, 0.2) is 11.5 Å². The molecule has 31 heavy (non-hydrogen) atoms. The molecule has 1 N–H and O–H groups in total. The van der Waals surface area contributed by atoms with E-state index in [4.69, 9.17) is 21.1 Å². The highest BCUT2D eigenvalue weighted by Crippen LogP contribution is 2.35. The van der Waals surface area contributed by atoms with Crippen molar-refractivity contribution in [3.63, 3.8) is 0 Å². The molecule has 0 amide bonds. The Balaban J connectivity index is 1.63. The largest absolute Gasteiger partial charge is 0.493 e. The normalized spacial score (nSPS) is 11.4. The molecule has 0 atom stereocenters. The molecule has 0 saturated carbocycles. The number of nitrogens with zero attached hydrogens (tertiary/aromatic N) is 2. The van der Waals surface area contributed by atoms with Gasteiger partial charge >= 0.3 is 0 Å². The molecular weight excluding hydrogens is 525 g/mol. The first-order valence-electron chi connectivity index (χ1n) is 9.39. The number of fused-ring (bicyclic) bond motifs is 1. The first-order chi connectivity index (χ1) is 15.1. The van der Waals surface area contributed by atoms with Crippen molar-refractivity contribution in [3.05, 3.63) is 86.2 Å². The molecule has 5 nitrogen and oxygen atoms in total.